The molecule has 142 valence electrons. The summed E-state index contributed by atoms with van der Waals surface area (Å²) in [7, 11) is 0. The SMILES string of the molecule is Cc1cc2nc(C3CCCN(Cc4ccncc4)C3)cc(C(F)(F)F)n2n1. The molecule has 0 bridgehead atoms. The molecule has 3 aromatic heterocycles. The van der Waals surface area contributed by atoms with E-state index in [1.165, 1.54) is 6.07 Å². The maximum Gasteiger partial charge on any atom is 0.433 e. The van der Waals surface area contributed by atoms with Gasteiger partial charge in [0.25, 0.3) is 0 Å². The highest BCUT2D eigenvalue weighted by Crippen LogP contribution is 2.33. The van der Waals surface area contributed by atoms with Crippen LogP contribution in [0.3, 0.4) is 0 Å². The van der Waals surface area contributed by atoms with Crippen molar-refractivity contribution in [2.24, 2.45) is 0 Å². The van der Waals surface area contributed by atoms with Crippen LogP contribution in [0.25, 0.3) is 5.65 Å². The van der Waals surface area contributed by atoms with E-state index in [0.717, 1.165) is 36.0 Å². The first-order valence-corrected chi connectivity index (χ1v) is 8.96. The number of nitrogens with zero attached hydrogens (tertiary/aromatic N) is 5. The zero-order valence-electron chi connectivity index (χ0n) is 14.9. The zero-order chi connectivity index (χ0) is 19.0. The minimum atomic E-state index is -4.47. The molecule has 5 nitrogen and oxygen atoms in total. The number of pyridine rings is 1. The van der Waals surface area contributed by atoms with Crippen molar-refractivity contribution in [3.05, 3.63) is 59.3 Å². The van der Waals surface area contributed by atoms with E-state index in [-0.39, 0.29) is 11.6 Å². The van der Waals surface area contributed by atoms with Gasteiger partial charge in [0.1, 0.15) is 5.69 Å². The molecule has 0 aromatic carbocycles. The number of piperidine rings is 1. The average Bonchev–Trinajstić information content (AvgIpc) is 3.01. The van der Waals surface area contributed by atoms with Crippen LogP contribution < -0.4 is 0 Å². The van der Waals surface area contributed by atoms with E-state index in [0.29, 0.717) is 17.9 Å². The molecule has 27 heavy (non-hydrogen) atoms. The highest BCUT2D eigenvalue weighted by molar-refractivity contribution is 5.43. The Bertz CT molecular complexity index is 936. The molecule has 0 amide bonds. The number of aromatic nitrogens is 4. The van der Waals surface area contributed by atoms with Gasteiger partial charge in [-0.25, -0.2) is 9.50 Å². The Hall–Kier alpha value is -2.48. The second-order valence-electron chi connectivity index (χ2n) is 7.05. The lowest BCUT2D eigenvalue weighted by Crippen LogP contribution is -2.34. The largest absolute Gasteiger partial charge is 0.433 e. The van der Waals surface area contributed by atoms with Crippen LogP contribution in [0, 0.1) is 6.92 Å². The van der Waals surface area contributed by atoms with E-state index >= 15 is 0 Å². The summed E-state index contributed by atoms with van der Waals surface area (Å²) in [6.07, 6.45) is 0.802. The van der Waals surface area contributed by atoms with Gasteiger partial charge in [-0.05, 0) is 50.1 Å². The number of aryl methyl sites for hydroxylation is 1. The second-order valence-corrected chi connectivity index (χ2v) is 7.05. The van der Waals surface area contributed by atoms with Gasteiger partial charge in [-0.15, -0.1) is 0 Å². The topological polar surface area (TPSA) is 46.3 Å². The van der Waals surface area contributed by atoms with Crippen molar-refractivity contribution in [3.8, 4) is 0 Å². The van der Waals surface area contributed by atoms with Gasteiger partial charge in [0.2, 0.25) is 0 Å². The fourth-order valence-electron chi connectivity index (χ4n) is 3.71. The van der Waals surface area contributed by atoms with Crippen LogP contribution in [0.2, 0.25) is 0 Å². The first-order chi connectivity index (χ1) is 12.9. The highest BCUT2D eigenvalue weighted by atomic mass is 19.4. The summed E-state index contributed by atoms with van der Waals surface area (Å²) in [6, 6.07) is 6.69. The second kappa shape index (κ2) is 6.92. The minimum absolute atomic E-state index is 0.0260. The van der Waals surface area contributed by atoms with Crippen LogP contribution in [-0.2, 0) is 12.7 Å². The number of hydrogen-bond donors (Lipinski definition) is 0. The summed E-state index contributed by atoms with van der Waals surface area (Å²) in [4.78, 5) is 10.8. The van der Waals surface area contributed by atoms with Crippen molar-refractivity contribution in [2.75, 3.05) is 13.1 Å². The molecule has 4 heterocycles. The van der Waals surface area contributed by atoms with Crippen LogP contribution in [0.4, 0.5) is 13.2 Å². The van der Waals surface area contributed by atoms with E-state index in [1.54, 1.807) is 25.4 Å². The molecular weight excluding hydrogens is 355 g/mol. The van der Waals surface area contributed by atoms with Gasteiger partial charge in [0.05, 0.1) is 5.69 Å². The molecule has 3 aromatic rings. The normalized spacial score (nSPS) is 18.9. The van der Waals surface area contributed by atoms with Crippen molar-refractivity contribution >= 4 is 5.65 Å². The van der Waals surface area contributed by atoms with E-state index in [9.17, 15) is 13.2 Å². The Morgan fingerprint density at radius 3 is 2.70 bits per heavy atom. The monoisotopic (exact) mass is 375 g/mol. The van der Waals surface area contributed by atoms with Crippen molar-refractivity contribution < 1.29 is 13.2 Å². The lowest BCUT2D eigenvalue weighted by atomic mass is 9.93. The maximum absolute atomic E-state index is 13.5. The van der Waals surface area contributed by atoms with Gasteiger partial charge >= 0.3 is 6.18 Å². The Morgan fingerprint density at radius 2 is 1.96 bits per heavy atom. The Kier molecular flexibility index (Phi) is 4.59. The molecule has 0 saturated carbocycles. The molecule has 1 aliphatic heterocycles. The van der Waals surface area contributed by atoms with Crippen molar-refractivity contribution in [2.45, 2.75) is 38.4 Å². The number of rotatable bonds is 3. The minimum Gasteiger partial charge on any atom is -0.298 e. The summed E-state index contributed by atoms with van der Waals surface area (Å²) < 4.78 is 41.5. The molecule has 1 unspecified atom stereocenters. The van der Waals surface area contributed by atoms with E-state index in [1.807, 2.05) is 12.1 Å². The molecular formula is C19H20F3N5. The third-order valence-corrected chi connectivity index (χ3v) is 4.94. The fourth-order valence-corrected chi connectivity index (χ4v) is 3.71. The first-order valence-electron chi connectivity index (χ1n) is 8.96. The molecule has 0 N–H and O–H groups in total. The first kappa shape index (κ1) is 17.9. The van der Waals surface area contributed by atoms with E-state index in [2.05, 4.69) is 20.0 Å². The van der Waals surface area contributed by atoms with Gasteiger partial charge in [-0.1, -0.05) is 0 Å². The van der Waals surface area contributed by atoms with Crippen molar-refractivity contribution in [1.29, 1.82) is 0 Å². The predicted octanol–water partition coefficient (Wildman–Crippen LogP) is 3.83. The molecule has 0 radical (unpaired) electrons. The quantitative estimate of drug-likeness (QED) is 0.698. The van der Waals surface area contributed by atoms with Gasteiger partial charge < -0.3 is 0 Å². The zero-order valence-corrected chi connectivity index (χ0v) is 14.9. The van der Waals surface area contributed by atoms with Crippen molar-refractivity contribution in [1.82, 2.24) is 24.5 Å². The summed E-state index contributed by atoms with van der Waals surface area (Å²) in [5.41, 5.74) is 1.66. The Balaban J connectivity index is 1.63. The van der Waals surface area contributed by atoms with Gasteiger partial charge in [-0.2, -0.15) is 18.3 Å². The molecule has 1 atom stereocenters. The summed E-state index contributed by atoms with van der Waals surface area (Å²) in [5.74, 6) is -0.0260. The maximum atomic E-state index is 13.5. The number of fused-ring (bicyclic) bond motifs is 1. The number of likely N-dealkylation sites (tertiary alicyclic amines) is 1. The summed E-state index contributed by atoms with van der Waals surface area (Å²) in [5, 5.41) is 3.95. The van der Waals surface area contributed by atoms with Crippen LogP contribution in [0.15, 0.2) is 36.7 Å². The number of alkyl halides is 3. The smallest absolute Gasteiger partial charge is 0.298 e. The molecule has 1 fully saturated rings. The van der Waals surface area contributed by atoms with Crippen LogP contribution >= 0.6 is 0 Å². The third kappa shape index (κ3) is 3.80. The van der Waals surface area contributed by atoms with E-state index in [4.69, 9.17) is 0 Å². The van der Waals surface area contributed by atoms with Crippen LogP contribution in [0.5, 0.6) is 0 Å². The van der Waals surface area contributed by atoms with Gasteiger partial charge in [0, 0.05) is 43.2 Å². The average molecular weight is 375 g/mol. The van der Waals surface area contributed by atoms with Crippen molar-refractivity contribution in [3.63, 3.8) is 0 Å². The van der Waals surface area contributed by atoms with E-state index < -0.39 is 11.9 Å². The molecule has 4 rings (SSSR count). The number of halogens is 3. The Morgan fingerprint density at radius 1 is 1.19 bits per heavy atom. The lowest BCUT2D eigenvalue weighted by Gasteiger charge is -2.32. The molecule has 1 aliphatic rings. The molecule has 1 saturated heterocycles. The fraction of sp³-hybridized carbons (Fsp3) is 0.421. The standard InChI is InChI=1S/C19H20F3N5/c1-13-9-18-24-16(10-17(19(20,21)22)27(18)25-13)15-3-2-8-26(12-15)11-14-4-6-23-7-5-14/h4-7,9-10,15H,2-3,8,11-12H2,1H3. The summed E-state index contributed by atoms with van der Waals surface area (Å²) in [6.45, 7) is 4.06. The highest BCUT2D eigenvalue weighted by Gasteiger charge is 2.36. The molecule has 0 spiro atoms. The third-order valence-electron chi connectivity index (χ3n) is 4.94. The predicted molar refractivity (Wildman–Crippen MR) is 94.2 cm³/mol. The molecule has 0 aliphatic carbocycles. The van der Waals surface area contributed by atoms with Gasteiger partial charge in [0.15, 0.2) is 5.65 Å². The van der Waals surface area contributed by atoms with Crippen LogP contribution in [-0.4, -0.2) is 37.6 Å². The summed E-state index contributed by atoms with van der Waals surface area (Å²) >= 11 is 0. The number of hydrogen-bond acceptors (Lipinski definition) is 4. The van der Waals surface area contributed by atoms with Gasteiger partial charge in [-0.3, -0.25) is 9.88 Å². The lowest BCUT2D eigenvalue weighted by molar-refractivity contribution is -0.142. The Labute approximate surface area is 154 Å². The molecule has 8 heteroatoms. The van der Waals surface area contributed by atoms with Crippen LogP contribution in [0.1, 0.15) is 41.4 Å².